The van der Waals surface area contributed by atoms with Crippen molar-refractivity contribution in [2.75, 3.05) is 5.73 Å². The summed E-state index contributed by atoms with van der Waals surface area (Å²) in [5.74, 6) is -1.27. The number of nitrogens with one attached hydrogen (secondary N) is 2. The fraction of sp³-hybridized carbons (Fsp3) is 0.111. The number of aromatic nitrogens is 1. The maximum absolute atomic E-state index is 12.3. The van der Waals surface area contributed by atoms with Crippen LogP contribution in [-0.4, -0.2) is 16.8 Å². The van der Waals surface area contributed by atoms with Crippen molar-refractivity contribution in [3.8, 4) is 0 Å². The number of aromatic amines is 1. The van der Waals surface area contributed by atoms with E-state index in [2.05, 4.69) is 10.3 Å². The van der Waals surface area contributed by atoms with Crippen LogP contribution in [0.15, 0.2) is 30.0 Å². The lowest BCUT2D eigenvalue weighted by Gasteiger charge is -2.07. The highest BCUT2D eigenvalue weighted by Crippen LogP contribution is 2.19. The van der Waals surface area contributed by atoms with Gasteiger partial charge >= 0.3 is 0 Å². The molecule has 0 aliphatic rings. The number of primary amides is 1. The number of halogens is 1. The predicted molar refractivity (Wildman–Crippen MR) is 101 cm³/mol. The standard InChI is InChI=1S/C18H19ClN4O2/c1-3-10-7-12(22-15(10)4-2)9-16(17(21)24)23-18(25)11-5-6-14(20)13(19)8-11/h3-9,22H,20H2,1-2H3,(H2,21,24)(H,23,25)/b10-3-,15-4+,16-9+. The van der Waals surface area contributed by atoms with Crippen molar-refractivity contribution in [1.29, 1.82) is 0 Å². The van der Waals surface area contributed by atoms with Crippen molar-refractivity contribution in [3.05, 3.63) is 56.8 Å². The van der Waals surface area contributed by atoms with Gasteiger partial charge in [0.2, 0.25) is 0 Å². The Balaban J connectivity index is 2.35. The summed E-state index contributed by atoms with van der Waals surface area (Å²) >= 11 is 5.92. The van der Waals surface area contributed by atoms with E-state index in [1.165, 1.54) is 24.3 Å². The molecule has 2 aromatic rings. The zero-order valence-corrected chi connectivity index (χ0v) is 14.6. The van der Waals surface area contributed by atoms with Gasteiger partial charge in [0, 0.05) is 16.6 Å². The summed E-state index contributed by atoms with van der Waals surface area (Å²) in [5.41, 5.74) is 12.2. The van der Waals surface area contributed by atoms with Crippen molar-refractivity contribution in [1.82, 2.24) is 10.3 Å². The van der Waals surface area contributed by atoms with Gasteiger partial charge in [-0.15, -0.1) is 0 Å². The maximum Gasteiger partial charge on any atom is 0.265 e. The zero-order chi connectivity index (χ0) is 18.6. The van der Waals surface area contributed by atoms with E-state index in [-0.39, 0.29) is 16.3 Å². The van der Waals surface area contributed by atoms with Gasteiger partial charge in [-0.3, -0.25) is 9.59 Å². The molecule has 7 heteroatoms. The number of benzene rings is 1. The second-order valence-corrected chi connectivity index (χ2v) is 5.69. The molecule has 0 saturated heterocycles. The van der Waals surface area contributed by atoms with E-state index >= 15 is 0 Å². The van der Waals surface area contributed by atoms with Crippen molar-refractivity contribution in [3.63, 3.8) is 0 Å². The van der Waals surface area contributed by atoms with Crippen LogP contribution in [0.2, 0.25) is 5.02 Å². The lowest BCUT2D eigenvalue weighted by atomic mass is 10.2. The molecule has 1 aromatic heterocycles. The third-order valence-electron chi connectivity index (χ3n) is 3.58. The first-order valence-corrected chi connectivity index (χ1v) is 7.93. The minimum absolute atomic E-state index is 0.0375. The van der Waals surface area contributed by atoms with E-state index in [0.29, 0.717) is 11.4 Å². The molecule has 0 radical (unpaired) electrons. The molecule has 6 N–H and O–H groups in total. The monoisotopic (exact) mass is 358 g/mol. The Hall–Kier alpha value is -2.99. The molecule has 0 saturated carbocycles. The molecular weight excluding hydrogens is 340 g/mol. The molecular formula is C18H19ClN4O2. The molecule has 0 bridgehead atoms. The highest BCUT2D eigenvalue weighted by molar-refractivity contribution is 6.33. The Morgan fingerprint density at radius 2 is 1.92 bits per heavy atom. The third kappa shape index (κ3) is 4.30. The van der Waals surface area contributed by atoms with E-state index < -0.39 is 11.8 Å². The van der Waals surface area contributed by atoms with E-state index in [4.69, 9.17) is 23.1 Å². The topological polar surface area (TPSA) is 114 Å². The molecule has 0 spiro atoms. The molecule has 2 rings (SSSR count). The lowest BCUT2D eigenvalue weighted by molar-refractivity contribution is -0.114. The van der Waals surface area contributed by atoms with E-state index in [1.807, 2.05) is 32.1 Å². The number of nitrogen functional groups attached to an aromatic ring is 1. The number of carbonyl (C=O) groups excluding carboxylic acids is 2. The summed E-state index contributed by atoms with van der Waals surface area (Å²) in [5, 5.41) is 4.65. The second-order valence-electron chi connectivity index (χ2n) is 5.28. The molecule has 1 aromatic carbocycles. The SMILES string of the molecule is C/C=c1/cc(/C=C(/NC(=O)c2ccc(N)c(Cl)c2)C(N)=O)[nH]/c1=C/C. The number of hydrogen-bond donors (Lipinski definition) is 4. The fourth-order valence-electron chi connectivity index (χ4n) is 2.25. The van der Waals surface area contributed by atoms with Crippen molar-refractivity contribution in [2.45, 2.75) is 13.8 Å². The van der Waals surface area contributed by atoms with Gasteiger partial charge in [-0.25, -0.2) is 0 Å². The van der Waals surface area contributed by atoms with Gasteiger partial charge < -0.3 is 21.8 Å². The van der Waals surface area contributed by atoms with Gasteiger partial charge in [0.1, 0.15) is 5.70 Å². The van der Waals surface area contributed by atoms with Crippen LogP contribution < -0.4 is 27.4 Å². The normalized spacial score (nSPS) is 13.2. The minimum atomic E-state index is -0.756. The van der Waals surface area contributed by atoms with Crippen molar-refractivity contribution in [2.24, 2.45) is 5.73 Å². The highest BCUT2D eigenvalue weighted by Gasteiger charge is 2.13. The van der Waals surface area contributed by atoms with E-state index in [0.717, 1.165) is 10.6 Å². The Labute approximate surface area is 149 Å². The number of nitrogens with two attached hydrogens (primary N) is 2. The number of rotatable bonds is 4. The van der Waals surface area contributed by atoms with Crippen molar-refractivity contribution < 1.29 is 9.59 Å². The molecule has 0 atom stereocenters. The van der Waals surface area contributed by atoms with Gasteiger partial charge in [-0.2, -0.15) is 0 Å². The first kappa shape index (κ1) is 18.4. The summed E-state index contributed by atoms with van der Waals surface area (Å²) in [4.78, 5) is 27.1. The second kappa shape index (κ2) is 7.72. The van der Waals surface area contributed by atoms with E-state index in [9.17, 15) is 9.59 Å². The number of amides is 2. The van der Waals surface area contributed by atoms with Crippen LogP contribution in [0.3, 0.4) is 0 Å². The van der Waals surface area contributed by atoms with Crippen LogP contribution in [0.5, 0.6) is 0 Å². The van der Waals surface area contributed by atoms with Gasteiger partial charge in [0.15, 0.2) is 0 Å². The predicted octanol–water partition coefficient (Wildman–Crippen LogP) is 1.11. The lowest BCUT2D eigenvalue weighted by Crippen LogP contribution is -2.31. The highest BCUT2D eigenvalue weighted by atomic mass is 35.5. The molecule has 0 fully saturated rings. The van der Waals surface area contributed by atoms with Gasteiger partial charge in [0.25, 0.3) is 11.8 Å². The first-order valence-electron chi connectivity index (χ1n) is 7.55. The van der Waals surface area contributed by atoms with Crippen LogP contribution in [-0.2, 0) is 4.79 Å². The summed E-state index contributed by atoms with van der Waals surface area (Å²) in [6, 6.07) is 6.30. The molecule has 6 nitrogen and oxygen atoms in total. The fourth-order valence-corrected chi connectivity index (χ4v) is 2.43. The molecule has 1 heterocycles. The third-order valence-corrected chi connectivity index (χ3v) is 3.90. The Morgan fingerprint density at radius 1 is 1.20 bits per heavy atom. The molecule has 130 valence electrons. The average molecular weight is 359 g/mol. The van der Waals surface area contributed by atoms with E-state index in [1.54, 1.807) is 0 Å². The van der Waals surface area contributed by atoms with Crippen LogP contribution in [0.4, 0.5) is 5.69 Å². The molecule has 25 heavy (non-hydrogen) atoms. The van der Waals surface area contributed by atoms with Gasteiger partial charge in [-0.1, -0.05) is 23.8 Å². The Bertz CT molecular complexity index is 942. The molecule has 0 unspecified atom stereocenters. The summed E-state index contributed by atoms with van der Waals surface area (Å²) in [6.07, 6.45) is 5.33. The molecule has 2 amide bonds. The maximum atomic E-state index is 12.3. The summed E-state index contributed by atoms with van der Waals surface area (Å²) in [7, 11) is 0. The molecule has 0 aliphatic heterocycles. The Kier molecular flexibility index (Phi) is 5.67. The largest absolute Gasteiger partial charge is 0.398 e. The number of anilines is 1. The zero-order valence-electron chi connectivity index (χ0n) is 13.9. The van der Waals surface area contributed by atoms with Gasteiger partial charge in [0.05, 0.1) is 10.7 Å². The smallest absolute Gasteiger partial charge is 0.265 e. The number of hydrogen-bond acceptors (Lipinski definition) is 3. The first-order chi connectivity index (χ1) is 11.8. The Morgan fingerprint density at radius 3 is 2.44 bits per heavy atom. The van der Waals surface area contributed by atoms with Crippen LogP contribution in [0.1, 0.15) is 29.9 Å². The minimum Gasteiger partial charge on any atom is -0.398 e. The number of carbonyl (C=O) groups is 2. The van der Waals surface area contributed by atoms with Gasteiger partial charge in [-0.05, 0) is 49.4 Å². The molecule has 0 aliphatic carbocycles. The quantitative estimate of drug-likeness (QED) is 0.484. The number of H-pyrrole nitrogens is 1. The summed E-state index contributed by atoms with van der Waals surface area (Å²) in [6.45, 7) is 3.80. The van der Waals surface area contributed by atoms with Crippen LogP contribution >= 0.6 is 11.6 Å². The average Bonchev–Trinajstić information content (AvgIpc) is 2.98. The van der Waals surface area contributed by atoms with Crippen LogP contribution in [0, 0.1) is 0 Å². The van der Waals surface area contributed by atoms with Crippen LogP contribution in [0.25, 0.3) is 18.2 Å². The van der Waals surface area contributed by atoms with Crippen molar-refractivity contribution >= 4 is 47.3 Å². The summed E-state index contributed by atoms with van der Waals surface area (Å²) < 4.78 is 0.